The Morgan fingerprint density at radius 2 is 2.33 bits per heavy atom. The second-order valence-electron chi connectivity index (χ2n) is 2.23. The zero-order valence-corrected chi connectivity index (χ0v) is 8.23. The first-order chi connectivity index (χ1) is 5.45. The average molecular weight is 211 g/mol. The average Bonchev–Trinajstić information content (AvgIpc) is 1.99. The first-order valence-corrected chi connectivity index (χ1v) is 5.68. The molecule has 0 rings (SSSR count). The molecule has 0 heterocycles. The number of carboxylic acid groups (broad SMARTS) is 1. The van der Waals surface area contributed by atoms with Crippen LogP contribution in [0, 0.1) is 0 Å². The highest BCUT2D eigenvalue weighted by Gasteiger charge is 2.46. The standard InChI is InChI=1S/C5H10NO4PS/c1-12-3-2-5(6,4(7)8)11(9)10/h2-3,6H2,1H3,(H,7,8). The van der Waals surface area contributed by atoms with Gasteiger partial charge in [0.05, 0.1) is 0 Å². The molecule has 0 aromatic rings. The molecule has 0 saturated carbocycles. The number of thioether (sulfide) groups is 1. The molecule has 0 saturated heterocycles. The Kier molecular flexibility index (Phi) is 4.70. The number of aliphatic carboxylic acids is 1. The van der Waals surface area contributed by atoms with Gasteiger partial charge in [-0.05, 0) is 12.0 Å². The van der Waals surface area contributed by atoms with Crippen LogP contribution in [0.1, 0.15) is 6.42 Å². The quantitative estimate of drug-likeness (QED) is 0.598. The van der Waals surface area contributed by atoms with Crippen LogP contribution in [0.25, 0.3) is 0 Å². The summed E-state index contributed by atoms with van der Waals surface area (Å²) in [6.07, 6.45) is 1.68. The van der Waals surface area contributed by atoms with Crippen molar-refractivity contribution in [2.45, 2.75) is 11.7 Å². The summed E-state index contributed by atoms with van der Waals surface area (Å²) in [7, 11) is -3.13. The summed E-state index contributed by atoms with van der Waals surface area (Å²) in [5.74, 6) is -1.08. The first kappa shape index (κ1) is 11.8. The van der Waals surface area contributed by atoms with Gasteiger partial charge in [-0.3, -0.25) is 5.73 Å². The molecule has 0 bridgehead atoms. The Hall–Kier alpha value is -0.160. The van der Waals surface area contributed by atoms with Crippen LogP contribution in [-0.2, 0) is 9.36 Å². The van der Waals surface area contributed by atoms with Crippen LogP contribution in [0.4, 0.5) is 0 Å². The number of hydrogen-bond acceptors (Lipinski definition) is 5. The molecule has 0 aliphatic rings. The van der Waals surface area contributed by atoms with Crippen molar-refractivity contribution in [1.29, 1.82) is 0 Å². The van der Waals surface area contributed by atoms with Crippen molar-refractivity contribution in [2.24, 2.45) is 5.73 Å². The van der Waals surface area contributed by atoms with Gasteiger partial charge in [0.15, 0.2) is 0 Å². The molecule has 0 aliphatic heterocycles. The third-order valence-corrected chi connectivity index (χ3v) is 3.06. The lowest BCUT2D eigenvalue weighted by Gasteiger charge is -2.14. The molecule has 0 aromatic heterocycles. The van der Waals surface area contributed by atoms with Crippen molar-refractivity contribution in [3.8, 4) is 0 Å². The van der Waals surface area contributed by atoms with Crippen LogP contribution in [0.2, 0.25) is 0 Å². The second-order valence-corrected chi connectivity index (χ2v) is 4.53. The Balaban J connectivity index is 4.40. The fourth-order valence-electron chi connectivity index (χ4n) is 0.534. The van der Waals surface area contributed by atoms with Crippen LogP contribution >= 0.6 is 19.8 Å². The molecule has 0 amide bonds. The summed E-state index contributed by atoms with van der Waals surface area (Å²) in [5.41, 5.74) is 5.16. The fraction of sp³-hybridized carbons (Fsp3) is 0.800. The largest absolute Gasteiger partial charge is 0.594 e. The highest BCUT2D eigenvalue weighted by molar-refractivity contribution is 7.98. The molecule has 5 nitrogen and oxygen atoms in total. The maximum absolute atomic E-state index is 10.5. The van der Waals surface area contributed by atoms with Gasteiger partial charge in [-0.25, -0.2) is 4.79 Å². The monoisotopic (exact) mass is 211 g/mol. The molecule has 3 N–H and O–H groups in total. The zero-order valence-electron chi connectivity index (χ0n) is 6.52. The topological polar surface area (TPSA) is 103 Å². The van der Waals surface area contributed by atoms with Crippen molar-refractivity contribution in [3.63, 3.8) is 0 Å². The maximum Gasteiger partial charge on any atom is 0.374 e. The summed E-state index contributed by atoms with van der Waals surface area (Å²) in [4.78, 5) is 20.9. The van der Waals surface area contributed by atoms with Gasteiger partial charge >= 0.3 is 19.3 Å². The van der Waals surface area contributed by atoms with E-state index in [1.165, 1.54) is 11.8 Å². The van der Waals surface area contributed by atoms with Crippen LogP contribution in [0.3, 0.4) is 0 Å². The third kappa shape index (κ3) is 2.71. The molecule has 0 radical (unpaired) electrons. The van der Waals surface area contributed by atoms with Gasteiger partial charge in [-0.2, -0.15) is 11.8 Å². The number of nitrogens with two attached hydrogens (primary N) is 1. The van der Waals surface area contributed by atoms with E-state index in [1.54, 1.807) is 6.26 Å². The Labute approximate surface area is 75.2 Å². The van der Waals surface area contributed by atoms with Crippen molar-refractivity contribution >= 4 is 25.8 Å². The summed E-state index contributed by atoms with van der Waals surface area (Å²) in [6.45, 7) is 0. The normalized spacial score (nSPS) is 16.8. The molecular formula is C5H10NO4PS. The molecule has 0 spiro atoms. The van der Waals surface area contributed by atoms with E-state index in [0.717, 1.165) is 0 Å². The predicted octanol–water partition coefficient (Wildman–Crippen LogP) is -0.418. The molecule has 12 heavy (non-hydrogen) atoms. The van der Waals surface area contributed by atoms with Crippen molar-refractivity contribution in [1.82, 2.24) is 0 Å². The SMILES string of the molecule is CSCCC(N)(C(=O)O)[P+](=O)[O-]. The number of hydrogen-bond donors (Lipinski definition) is 2. The van der Waals surface area contributed by atoms with E-state index in [-0.39, 0.29) is 6.42 Å². The zero-order chi connectivity index (χ0) is 9.78. The summed E-state index contributed by atoms with van der Waals surface area (Å²) >= 11 is 1.35. The molecule has 2 atom stereocenters. The van der Waals surface area contributed by atoms with Crippen LogP contribution < -0.4 is 10.6 Å². The van der Waals surface area contributed by atoms with E-state index >= 15 is 0 Å². The van der Waals surface area contributed by atoms with Gasteiger partial charge in [0, 0.05) is 6.42 Å². The van der Waals surface area contributed by atoms with Gasteiger partial charge in [-0.1, -0.05) is 4.57 Å². The van der Waals surface area contributed by atoms with E-state index in [1.807, 2.05) is 0 Å². The summed E-state index contributed by atoms with van der Waals surface area (Å²) in [6, 6.07) is 0. The Bertz CT molecular complexity index is 184. The van der Waals surface area contributed by atoms with Gasteiger partial charge in [0.2, 0.25) is 0 Å². The van der Waals surface area contributed by atoms with Gasteiger partial charge < -0.3 is 10.00 Å². The third-order valence-electron chi connectivity index (χ3n) is 1.38. The lowest BCUT2D eigenvalue weighted by molar-refractivity contribution is -0.173. The van der Waals surface area contributed by atoms with E-state index in [4.69, 9.17) is 10.8 Å². The minimum Gasteiger partial charge on any atom is -0.594 e. The molecule has 0 aliphatic carbocycles. The maximum atomic E-state index is 10.5. The Morgan fingerprint density at radius 1 is 1.83 bits per heavy atom. The highest BCUT2D eigenvalue weighted by Crippen LogP contribution is 2.30. The first-order valence-electron chi connectivity index (χ1n) is 3.11. The predicted molar refractivity (Wildman–Crippen MR) is 45.2 cm³/mol. The van der Waals surface area contributed by atoms with Gasteiger partial charge in [-0.15, -0.1) is 0 Å². The number of carboxylic acids is 1. The number of rotatable bonds is 5. The van der Waals surface area contributed by atoms with Crippen LogP contribution in [-0.4, -0.2) is 28.4 Å². The smallest absolute Gasteiger partial charge is 0.374 e. The molecule has 0 fully saturated rings. The molecular weight excluding hydrogens is 201 g/mol. The van der Waals surface area contributed by atoms with E-state index in [9.17, 15) is 14.3 Å². The minimum absolute atomic E-state index is 0.0673. The highest BCUT2D eigenvalue weighted by atomic mass is 32.2. The molecule has 2 unspecified atom stereocenters. The van der Waals surface area contributed by atoms with E-state index < -0.39 is 19.3 Å². The number of carbonyl (C=O) groups is 1. The molecule has 0 aromatic carbocycles. The van der Waals surface area contributed by atoms with E-state index in [0.29, 0.717) is 5.75 Å². The lowest BCUT2D eigenvalue weighted by Crippen LogP contribution is -2.47. The molecule has 70 valence electrons. The second kappa shape index (κ2) is 4.77. The summed E-state index contributed by atoms with van der Waals surface area (Å²) < 4.78 is 10.5. The van der Waals surface area contributed by atoms with Gasteiger partial charge in [0.25, 0.3) is 0 Å². The fourth-order valence-corrected chi connectivity index (χ4v) is 1.66. The Morgan fingerprint density at radius 3 is 2.58 bits per heavy atom. The van der Waals surface area contributed by atoms with Crippen molar-refractivity contribution in [2.75, 3.05) is 12.0 Å². The van der Waals surface area contributed by atoms with Crippen LogP contribution in [0.15, 0.2) is 0 Å². The van der Waals surface area contributed by atoms with Crippen molar-refractivity contribution < 1.29 is 19.4 Å². The summed E-state index contributed by atoms with van der Waals surface area (Å²) in [5, 5.41) is 6.41. The van der Waals surface area contributed by atoms with Crippen LogP contribution in [0.5, 0.6) is 0 Å². The minimum atomic E-state index is -3.13. The van der Waals surface area contributed by atoms with Crippen molar-refractivity contribution in [3.05, 3.63) is 0 Å². The molecule has 7 heteroatoms. The van der Waals surface area contributed by atoms with E-state index in [2.05, 4.69) is 0 Å². The van der Waals surface area contributed by atoms with Gasteiger partial charge in [0.1, 0.15) is 0 Å². The lowest BCUT2D eigenvalue weighted by atomic mass is 10.2.